The van der Waals surface area contributed by atoms with Crippen molar-refractivity contribution in [2.24, 2.45) is 4.99 Å². The van der Waals surface area contributed by atoms with Crippen molar-refractivity contribution >= 4 is 55.2 Å². The van der Waals surface area contributed by atoms with Gasteiger partial charge in [0.15, 0.2) is 16.3 Å². The average molecular weight is 712 g/mol. The third kappa shape index (κ3) is 6.16. The Morgan fingerprint density at radius 3 is 2.45 bits per heavy atom. The maximum absolute atomic E-state index is 13.9. The van der Waals surface area contributed by atoms with E-state index in [0.29, 0.717) is 43.2 Å². The van der Waals surface area contributed by atoms with Crippen molar-refractivity contribution in [2.45, 2.75) is 33.4 Å². The van der Waals surface area contributed by atoms with E-state index >= 15 is 0 Å². The van der Waals surface area contributed by atoms with E-state index in [0.717, 1.165) is 26.7 Å². The van der Waals surface area contributed by atoms with Crippen LogP contribution in [0.5, 0.6) is 11.5 Å². The number of carbonyl (C=O) groups is 1. The Hall–Kier alpha value is -3.47. The standard InChI is InChI=1S/C32H28Br2N2O5S/c1-5-40-31(38)27-19(3)35-32-36(28(27)22-10-6-18(2)7-11-22)30(37)26(42-32)16-21-14-24(34)29(25(15-21)39-4)41-17-20-8-12-23(33)13-9-20/h6-16,28H,5,17H2,1-4H3/b26-16+/t28-/m0/s1. The van der Waals surface area contributed by atoms with Crippen LogP contribution in [0.4, 0.5) is 0 Å². The normalized spacial score (nSPS) is 14.8. The number of aryl methyl sites for hydroxylation is 1. The molecular formula is C32H28Br2N2O5S. The van der Waals surface area contributed by atoms with Crippen molar-refractivity contribution < 1.29 is 19.0 Å². The lowest BCUT2D eigenvalue weighted by Gasteiger charge is -2.24. The summed E-state index contributed by atoms with van der Waals surface area (Å²) in [6.45, 7) is 6.11. The van der Waals surface area contributed by atoms with E-state index in [1.54, 1.807) is 31.6 Å². The number of halogens is 2. The molecule has 0 fully saturated rings. The number of allylic oxidation sites excluding steroid dienone is 1. The fourth-order valence-corrected chi connectivity index (χ4v) is 6.59. The van der Waals surface area contributed by atoms with Crippen LogP contribution < -0.4 is 24.4 Å². The highest BCUT2D eigenvalue weighted by Gasteiger charge is 2.33. The number of aromatic nitrogens is 1. The van der Waals surface area contributed by atoms with Gasteiger partial charge in [0, 0.05) is 4.47 Å². The van der Waals surface area contributed by atoms with Crippen molar-refractivity contribution in [1.29, 1.82) is 0 Å². The van der Waals surface area contributed by atoms with Gasteiger partial charge in [-0.2, -0.15) is 0 Å². The van der Waals surface area contributed by atoms with Crippen LogP contribution in [0.25, 0.3) is 6.08 Å². The Bertz CT molecular complexity index is 1860. The third-order valence-corrected chi connectivity index (χ3v) is 8.86. The van der Waals surface area contributed by atoms with E-state index in [2.05, 4.69) is 36.9 Å². The molecule has 0 spiro atoms. The second-order valence-corrected chi connectivity index (χ2v) is 12.4. The van der Waals surface area contributed by atoms with Crippen molar-refractivity contribution in [2.75, 3.05) is 13.7 Å². The van der Waals surface area contributed by atoms with Gasteiger partial charge in [0.05, 0.1) is 40.0 Å². The minimum atomic E-state index is -0.654. The predicted molar refractivity (Wildman–Crippen MR) is 171 cm³/mol. The maximum atomic E-state index is 13.9. The molecule has 3 aromatic carbocycles. The molecule has 0 unspecified atom stereocenters. The summed E-state index contributed by atoms with van der Waals surface area (Å²) >= 11 is 8.34. The monoisotopic (exact) mass is 710 g/mol. The number of benzene rings is 3. The van der Waals surface area contributed by atoms with E-state index in [-0.39, 0.29) is 12.2 Å². The summed E-state index contributed by atoms with van der Waals surface area (Å²) < 4.78 is 20.9. The fraction of sp³-hybridized carbons (Fsp3) is 0.219. The molecule has 0 saturated carbocycles. The number of hydrogen-bond acceptors (Lipinski definition) is 7. The predicted octanol–water partition coefficient (Wildman–Crippen LogP) is 6.22. The molecular weight excluding hydrogens is 684 g/mol. The van der Waals surface area contributed by atoms with Gasteiger partial charge in [0.25, 0.3) is 5.56 Å². The number of fused-ring (bicyclic) bond motifs is 1. The molecule has 1 aromatic heterocycles. The van der Waals surface area contributed by atoms with Crippen molar-refractivity contribution in [3.8, 4) is 11.5 Å². The largest absolute Gasteiger partial charge is 0.493 e. The number of nitrogens with zero attached hydrogens (tertiary/aromatic N) is 2. The lowest BCUT2D eigenvalue weighted by atomic mass is 9.95. The van der Waals surface area contributed by atoms with Crippen LogP contribution in [0, 0.1) is 6.92 Å². The zero-order chi connectivity index (χ0) is 30.0. The van der Waals surface area contributed by atoms with Crippen LogP contribution in [0.2, 0.25) is 0 Å². The first-order valence-electron chi connectivity index (χ1n) is 13.2. The van der Waals surface area contributed by atoms with Crippen LogP contribution in [-0.4, -0.2) is 24.3 Å². The second-order valence-electron chi connectivity index (χ2n) is 9.66. The van der Waals surface area contributed by atoms with Gasteiger partial charge in [-0.1, -0.05) is 69.2 Å². The molecule has 216 valence electrons. The molecule has 1 atom stereocenters. The Balaban J connectivity index is 1.56. The average Bonchev–Trinajstić information content (AvgIpc) is 3.26. The zero-order valence-electron chi connectivity index (χ0n) is 23.4. The van der Waals surface area contributed by atoms with Crippen molar-refractivity contribution in [3.05, 3.63) is 123 Å². The first kappa shape index (κ1) is 30.0. The minimum absolute atomic E-state index is 0.222. The molecule has 4 aromatic rings. The van der Waals surface area contributed by atoms with Gasteiger partial charge in [-0.3, -0.25) is 9.36 Å². The SMILES string of the molecule is CCOC(=O)C1=C(C)N=c2s/c(=C/c3cc(Br)c(OCc4ccc(Br)cc4)c(OC)c3)c(=O)n2[C@H]1c1ccc(C)cc1. The summed E-state index contributed by atoms with van der Waals surface area (Å²) in [6, 6.07) is 18.7. The van der Waals surface area contributed by atoms with E-state index in [1.807, 2.05) is 67.6 Å². The summed E-state index contributed by atoms with van der Waals surface area (Å²) in [5.74, 6) is 0.609. The highest BCUT2D eigenvalue weighted by molar-refractivity contribution is 9.10. The van der Waals surface area contributed by atoms with Crippen LogP contribution in [0.3, 0.4) is 0 Å². The highest BCUT2D eigenvalue weighted by atomic mass is 79.9. The molecule has 10 heteroatoms. The second kappa shape index (κ2) is 12.8. The van der Waals surface area contributed by atoms with Gasteiger partial charge in [-0.05, 0) is 83.7 Å². The van der Waals surface area contributed by atoms with Crippen LogP contribution in [-0.2, 0) is 16.1 Å². The molecule has 0 radical (unpaired) electrons. The summed E-state index contributed by atoms with van der Waals surface area (Å²) in [5.41, 5.74) is 4.28. The highest BCUT2D eigenvalue weighted by Crippen LogP contribution is 2.37. The molecule has 0 bridgehead atoms. The number of carbonyl (C=O) groups excluding carboxylic acids is 1. The molecule has 2 heterocycles. The topological polar surface area (TPSA) is 79.1 Å². The van der Waals surface area contributed by atoms with Gasteiger partial charge < -0.3 is 14.2 Å². The first-order chi connectivity index (χ1) is 20.2. The van der Waals surface area contributed by atoms with Gasteiger partial charge in [-0.25, -0.2) is 9.79 Å². The molecule has 0 amide bonds. The lowest BCUT2D eigenvalue weighted by Crippen LogP contribution is -2.39. The smallest absolute Gasteiger partial charge is 0.338 e. The molecule has 5 rings (SSSR count). The van der Waals surface area contributed by atoms with Gasteiger partial charge in [0.1, 0.15) is 6.61 Å². The van der Waals surface area contributed by atoms with Crippen molar-refractivity contribution in [1.82, 2.24) is 4.57 Å². The number of hydrogen-bond donors (Lipinski definition) is 0. The van der Waals surface area contributed by atoms with E-state index < -0.39 is 12.0 Å². The Labute approximate surface area is 264 Å². The number of thiazole rings is 1. The summed E-state index contributed by atoms with van der Waals surface area (Å²) in [4.78, 5) is 32.2. The fourth-order valence-electron chi connectivity index (χ4n) is 4.71. The van der Waals surface area contributed by atoms with Crippen LogP contribution >= 0.6 is 43.2 Å². The molecule has 0 saturated heterocycles. The van der Waals surface area contributed by atoms with E-state index in [1.165, 1.54) is 11.3 Å². The Morgan fingerprint density at radius 1 is 1.07 bits per heavy atom. The lowest BCUT2D eigenvalue weighted by molar-refractivity contribution is -0.139. The number of ether oxygens (including phenoxy) is 3. The van der Waals surface area contributed by atoms with E-state index in [4.69, 9.17) is 14.2 Å². The summed E-state index contributed by atoms with van der Waals surface area (Å²) in [6.07, 6.45) is 1.80. The van der Waals surface area contributed by atoms with Crippen LogP contribution in [0.1, 0.15) is 42.1 Å². The summed E-state index contributed by atoms with van der Waals surface area (Å²) in [5, 5.41) is 0. The molecule has 0 N–H and O–H groups in total. The quantitative estimate of drug-likeness (QED) is 0.203. The van der Waals surface area contributed by atoms with Gasteiger partial charge >= 0.3 is 5.97 Å². The molecule has 1 aliphatic rings. The first-order valence-corrected chi connectivity index (χ1v) is 15.6. The number of esters is 1. The summed E-state index contributed by atoms with van der Waals surface area (Å²) in [7, 11) is 1.58. The molecule has 7 nitrogen and oxygen atoms in total. The van der Waals surface area contributed by atoms with E-state index in [9.17, 15) is 9.59 Å². The van der Waals surface area contributed by atoms with Gasteiger partial charge in [0.2, 0.25) is 0 Å². The van der Waals surface area contributed by atoms with Gasteiger partial charge in [-0.15, -0.1) is 0 Å². The minimum Gasteiger partial charge on any atom is -0.493 e. The third-order valence-electron chi connectivity index (χ3n) is 6.76. The zero-order valence-corrected chi connectivity index (χ0v) is 27.4. The maximum Gasteiger partial charge on any atom is 0.338 e. The van der Waals surface area contributed by atoms with Crippen LogP contribution in [0.15, 0.2) is 90.7 Å². The number of methoxy groups -OCH3 is 1. The molecule has 1 aliphatic heterocycles. The number of rotatable bonds is 8. The molecule has 0 aliphatic carbocycles. The Kier molecular flexibility index (Phi) is 9.15. The Morgan fingerprint density at radius 2 is 1.79 bits per heavy atom. The van der Waals surface area contributed by atoms with Crippen molar-refractivity contribution in [3.63, 3.8) is 0 Å². The molecule has 42 heavy (non-hydrogen) atoms.